The number of benzene rings is 1. The summed E-state index contributed by atoms with van der Waals surface area (Å²) in [5.41, 5.74) is 1.15. The highest BCUT2D eigenvalue weighted by Gasteiger charge is 2.15. The molecule has 0 aliphatic carbocycles. The van der Waals surface area contributed by atoms with E-state index in [0.717, 1.165) is 35.4 Å². The molecule has 1 aliphatic heterocycles. The van der Waals surface area contributed by atoms with Crippen molar-refractivity contribution in [1.29, 1.82) is 0 Å². The molecule has 2 rings (SSSR count). The zero-order valence-electron chi connectivity index (χ0n) is 10.1. The molecule has 4 nitrogen and oxygen atoms in total. The van der Waals surface area contributed by atoms with Crippen molar-refractivity contribution in [1.82, 2.24) is 4.90 Å². The van der Waals surface area contributed by atoms with E-state index in [1.165, 1.54) is 0 Å². The molecule has 98 valence electrons. The van der Waals surface area contributed by atoms with Gasteiger partial charge in [-0.15, -0.1) is 0 Å². The van der Waals surface area contributed by atoms with Gasteiger partial charge in [-0.05, 0) is 31.2 Å². The van der Waals surface area contributed by atoms with Crippen LogP contribution in [0.5, 0.6) is 5.75 Å². The fourth-order valence-electron chi connectivity index (χ4n) is 2.06. The van der Waals surface area contributed by atoms with Crippen molar-refractivity contribution in [2.45, 2.75) is 19.4 Å². The van der Waals surface area contributed by atoms with Crippen LogP contribution in [0.25, 0.3) is 0 Å². The van der Waals surface area contributed by atoms with Gasteiger partial charge in [0.1, 0.15) is 12.4 Å². The highest BCUT2D eigenvalue weighted by atomic mass is 79.9. The van der Waals surface area contributed by atoms with E-state index in [4.69, 9.17) is 9.84 Å². The molecule has 0 saturated carbocycles. The third-order valence-corrected chi connectivity index (χ3v) is 3.44. The van der Waals surface area contributed by atoms with E-state index in [-0.39, 0.29) is 6.42 Å². The second-order valence-corrected chi connectivity index (χ2v) is 5.29. The van der Waals surface area contributed by atoms with Crippen molar-refractivity contribution in [3.63, 3.8) is 0 Å². The molecule has 18 heavy (non-hydrogen) atoms. The zero-order valence-corrected chi connectivity index (χ0v) is 11.6. The number of aliphatic carboxylic acids is 1. The predicted molar refractivity (Wildman–Crippen MR) is 71.8 cm³/mol. The number of rotatable bonds is 4. The number of hydrogen-bond acceptors (Lipinski definition) is 3. The number of carboxylic acids is 1. The predicted octanol–water partition coefficient (Wildman–Crippen LogP) is 2.51. The summed E-state index contributed by atoms with van der Waals surface area (Å²) in [7, 11) is 0. The third-order valence-electron chi connectivity index (χ3n) is 2.95. The van der Waals surface area contributed by atoms with Crippen LogP contribution in [0.4, 0.5) is 0 Å². The molecule has 0 bridgehead atoms. The van der Waals surface area contributed by atoms with Crippen LogP contribution in [0.3, 0.4) is 0 Å². The minimum Gasteiger partial charge on any atom is -0.492 e. The second-order valence-electron chi connectivity index (χ2n) is 4.37. The Balaban J connectivity index is 1.97. The van der Waals surface area contributed by atoms with Gasteiger partial charge >= 0.3 is 5.97 Å². The molecule has 0 unspecified atom stereocenters. The van der Waals surface area contributed by atoms with Crippen molar-refractivity contribution >= 4 is 21.9 Å². The topological polar surface area (TPSA) is 49.8 Å². The molecule has 0 amide bonds. The molecule has 1 heterocycles. The number of fused-ring (bicyclic) bond motifs is 1. The number of hydrogen-bond donors (Lipinski definition) is 1. The van der Waals surface area contributed by atoms with Crippen LogP contribution in [-0.2, 0) is 11.3 Å². The number of carboxylic acid groups (broad SMARTS) is 1. The first kappa shape index (κ1) is 13.4. The Morgan fingerprint density at radius 3 is 3.11 bits per heavy atom. The fraction of sp³-hybridized carbons (Fsp3) is 0.462. The maximum absolute atomic E-state index is 10.5. The summed E-state index contributed by atoms with van der Waals surface area (Å²) in [4.78, 5) is 12.7. The van der Waals surface area contributed by atoms with Gasteiger partial charge in [0.15, 0.2) is 0 Å². The summed E-state index contributed by atoms with van der Waals surface area (Å²) in [6.45, 7) is 3.10. The third kappa shape index (κ3) is 3.71. The van der Waals surface area contributed by atoms with Crippen LogP contribution in [0.15, 0.2) is 22.7 Å². The molecule has 0 radical (unpaired) electrons. The zero-order chi connectivity index (χ0) is 13.0. The molecule has 0 saturated heterocycles. The summed E-state index contributed by atoms with van der Waals surface area (Å²) >= 11 is 3.46. The number of nitrogens with zero attached hydrogens (tertiary/aromatic N) is 1. The lowest BCUT2D eigenvalue weighted by Gasteiger charge is -2.18. The Kier molecular flexibility index (Phi) is 4.60. The summed E-state index contributed by atoms with van der Waals surface area (Å²) in [6.07, 6.45) is 0.904. The highest BCUT2D eigenvalue weighted by Crippen LogP contribution is 2.26. The summed E-state index contributed by atoms with van der Waals surface area (Å²) in [5.74, 6) is 0.197. The lowest BCUT2D eigenvalue weighted by atomic mass is 10.2. The van der Waals surface area contributed by atoms with Gasteiger partial charge in [-0.2, -0.15) is 0 Å². The van der Waals surface area contributed by atoms with Crippen molar-refractivity contribution in [3.05, 3.63) is 28.2 Å². The van der Waals surface area contributed by atoms with E-state index in [2.05, 4.69) is 26.9 Å². The Bertz CT molecular complexity index is 436. The second kappa shape index (κ2) is 6.20. The normalized spacial score (nSPS) is 15.6. The molecule has 0 atom stereocenters. The van der Waals surface area contributed by atoms with Gasteiger partial charge < -0.3 is 9.84 Å². The Morgan fingerprint density at radius 1 is 1.50 bits per heavy atom. The quantitative estimate of drug-likeness (QED) is 0.928. The Hall–Kier alpha value is -1.07. The van der Waals surface area contributed by atoms with Gasteiger partial charge in [-0.1, -0.05) is 15.9 Å². The first-order valence-corrected chi connectivity index (χ1v) is 6.80. The molecule has 1 aromatic rings. The average molecular weight is 314 g/mol. The average Bonchev–Trinajstić information content (AvgIpc) is 2.49. The van der Waals surface area contributed by atoms with Crippen LogP contribution >= 0.6 is 15.9 Å². The van der Waals surface area contributed by atoms with Gasteiger partial charge in [0.2, 0.25) is 0 Å². The lowest BCUT2D eigenvalue weighted by Crippen LogP contribution is -2.27. The van der Waals surface area contributed by atoms with Crippen LogP contribution in [0.2, 0.25) is 0 Å². The standard InChI is InChI=1S/C13H16BrNO3/c14-11-3-4-12-10(8-11)9-15(6-7-18-12)5-1-2-13(16)17/h3-4,8H,1-2,5-7,9H2,(H,16,17). The van der Waals surface area contributed by atoms with E-state index in [1.807, 2.05) is 12.1 Å². The van der Waals surface area contributed by atoms with Gasteiger partial charge in [0, 0.05) is 29.5 Å². The lowest BCUT2D eigenvalue weighted by molar-refractivity contribution is -0.137. The van der Waals surface area contributed by atoms with Crippen LogP contribution < -0.4 is 4.74 Å². The van der Waals surface area contributed by atoms with Gasteiger partial charge in [-0.3, -0.25) is 9.69 Å². The fourth-order valence-corrected chi connectivity index (χ4v) is 2.47. The molecule has 0 aromatic heterocycles. The number of ether oxygens (including phenoxy) is 1. The summed E-state index contributed by atoms with van der Waals surface area (Å²) in [5, 5.41) is 8.64. The molecular formula is C13H16BrNO3. The molecular weight excluding hydrogens is 298 g/mol. The molecule has 1 N–H and O–H groups in total. The molecule has 0 fully saturated rings. The Morgan fingerprint density at radius 2 is 2.33 bits per heavy atom. The summed E-state index contributed by atoms with van der Waals surface area (Å²) < 4.78 is 6.72. The summed E-state index contributed by atoms with van der Waals surface area (Å²) in [6, 6.07) is 6.00. The van der Waals surface area contributed by atoms with Crippen molar-refractivity contribution in [2.75, 3.05) is 19.7 Å². The Labute approximate surface area is 115 Å². The van der Waals surface area contributed by atoms with Crippen LogP contribution in [0.1, 0.15) is 18.4 Å². The first-order valence-electron chi connectivity index (χ1n) is 6.00. The molecule has 0 spiro atoms. The van der Waals surface area contributed by atoms with Gasteiger partial charge in [-0.25, -0.2) is 0 Å². The molecule has 1 aromatic carbocycles. The van der Waals surface area contributed by atoms with Gasteiger partial charge in [0.05, 0.1) is 0 Å². The van der Waals surface area contributed by atoms with E-state index < -0.39 is 5.97 Å². The van der Waals surface area contributed by atoms with E-state index >= 15 is 0 Å². The number of carbonyl (C=O) groups is 1. The van der Waals surface area contributed by atoms with Crippen LogP contribution in [-0.4, -0.2) is 35.7 Å². The van der Waals surface area contributed by atoms with Crippen LogP contribution in [0, 0.1) is 0 Å². The maximum atomic E-state index is 10.5. The van der Waals surface area contributed by atoms with E-state index in [1.54, 1.807) is 0 Å². The van der Waals surface area contributed by atoms with E-state index in [9.17, 15) is 4.79 Å². The van der Waals surface area contributed by atoms with Crippen molar-refractivity contribution < 1.29 is 14.6 Å². The van der Waals surface area contributed by atoms with Crippen molar-refractivity contribution in [3.8, 4) is 5.75 Å². The largest absolute Gasteiger partial charge is 0.492 e. The van der Waals surface area contributed by atoms with E-state index in [0.29, 0.717) is 13.0 Å². The minimum atomic E-state index is -0.732. The number of halogens is 1. The monoisotopic (exact) mass is 313 g/mol. The van der Waals surface area contributed by atoms with Gasteiger partial charge in [0.25, 0.3) is 0 Å². The first-order chi connectivity index (χ1) is 8.65. The van der Waals surface area contributed by atoms with Crippen molar-refractivity contribution in [2.24, 2.45) is 0 Å². The highest BCUT2D eigenvalue weighted by molar-refractivity contribution is 9.10. The smallest absolute Gasteiger partial charge is 0.303 e. The minimum absolute atomic E-state index is 0.225. The maximum Gasteiger partial charge on any atom is 0.303 e. The SMILES string of the molecule is O=C(O)CCCN1CCOc2ccc(Br)cc2C1. The molecule has 5 heteroatoms. The molecule has 1 aliphatic rings.